The van der Waals surface area contributed by atoms with E-state index in [2.05, 4.69) is 0 Å². The molecule has 0 saturated carbocycles. The van der Waals surface area contributed by atoms with Crippen molar-refractivity contribution < 1.29 is 49.7 Å². The smallest absolute Gasteiger partial charge is 0.335 e. The summed E-state index contributed by atoms with van der Waals surface area (Å²) in [5.74, 6) is -3.59. The van der Waals surface area contributed by atoms with Gasteiger partial charge in [0.1, 0.15) is 41.1 Å². The van der Waals surface area contributed by atoms with Crippen LogP contribution in [0.3, 0.4) is 0 Å². The lowest BCUT2D eigenvalue weighted by Gasteiger charge is -2.38. The van der Waals surface area contributed by atoms with Crippen molar-refractivity contribution in [2.24, 2.45) is 0 Å². The molecule has 10 heteroatoms. The molecular weight excluding hydrogens is 412 g/mol. The number of hydrogen-bond donors (Lipinski definition) is 6. The summed E-state index contributed by atoms with van der Waals surface area (Å²) >= 11 is 0. The molecule has 0 aliphatic carbocycles. The van der Waals surface area contributed by atoms with Crippen molar-refractivity contribution in [3.8, 4) is 17.2 Å². The first-order valence-corrected chi connectivity index (χ1v) is 9.41. The van der Waals surface area contributed by atoms with Crippen molar-refractivity contribution in [1.29, 1.82) is 0 Å². The first kappa shape index (κ1) is 22.5. The average molecular weight is 434 g/mol. The summed E-state index contributed by atoms with van der Waals surface area (Å²) in [6.45, 7) is 0. The van der Waals surface area contributed by atoms with E-state index < -0.39 is 54.0 Å². The van der Waals surface area contributed by atoms with Crippen molar-refractivity contribution in [1.82, 2.24) is 0 Å². The highest BCUT2D eigenvalue weighted by Gasteiger charge is 2.48. The minimum absolute atomic E-state index is 0.0219. The van der Waals surface area contributed by atoms with E-state index in [1.807, 2.05) is 30.3 Å². The molecule has 5 atom stereocenters. The van der Waals surface area contributed by atoms with E-state index in [9.17, 15) is 35.1 Å². The summed E-state index contributed by atoms with van der Waals surface area (Å²) in [7, 11) is 0. The molecule has 6 N–H and O–H groups in total. The summed E-state index contributed by atoms with van der Waals surface area (Å²) in [5.41, 5.74) is 0.570. The van der Waals surface area contributed by atoms with E-state index in [1.54, 1.807) is 0 Å². The van der Waals surface area contributed by atoms with Crippen LogP contribution in [0.1, 0.15) is 22.3 Å². The number of aliphatic hydroxyl groups is 3. The number of carboxylic acids is 1. The van der Waals surface area contributed by atoms with Crippen LogP contribution in [0.15, 0.2) is 42.5 Å². The molecule has 1 aliphatic heterocycles. The number of aryl methyl sites for hydroxylation is 1. The predicted octanol–water partition coefficient (Wildman–Crippen LogP) is 0.184. The normalized spacial score (nSPS) is 25.7. The Bertz CT molecular complexity index is 945. The van der Waals surface area contributed by atoms with Crippen LogP contribution in [-0.4, -0.2) is 73.1 Å². The Morgan fingerprint density at radius 1 is 0.968 bits per heavy atom. The van der Waals surface area contributed by atoms with Crippen LogP contribution in [0.5, 0.6) is 17.2 Å². The maximum atomic E-state index is 12.8. The molecule has 1 saturated heterocycles. The molecule has 5 unspecified atom stereocenters. The number of Topliss-reactive ketones (excluding diaryl/α,β-unsaturated/α-hetero) is 1. The van der Waals surface area contributed by atoms with E-state index >= 15 is 0 Å². The van der Waals surface area contributed by atoms with Crippen LogP contribution in [0.4, 0.5) is 0 Å². The first-order chi connectivity index (χ1) is 14.7. The Morgan fingerprint density at radius 3 is 2.29 bits per heavy atom. The van der Waals surface area contributed by atoms with Gasteiger partial charge in [-0.2, -0.15) is 0 Å². The quantitative estimate of drug-likeness (QED) is 0.330. The van der Waals surface area contributed by atoms with Crippen LogP contribution in [0, 0.1) is 0 Å². The van der Waals surface area contributed by atoms with Gasteiger partial charge in [-0.1, -0.05) is 30.3 Å². The maximum absolute atomic E-state index is 12.8. The van der Waals surface area contributed by atoms with Crippen molar-refractivity contribution in [3.63, 3.8) is 0 Å². The van der Waals surface area contributed by atoms with Gasteiger partial charge in [0.25, 0.3) is 0 Å². The van der Waals surface area contributed by atoms with Gasteiger partial charge in [0.2, 0.25) is 6.29 Å². The summed E-state index contributed by atoms with van der Waals surface area (Å²) in [6.07, 6.45) is -9.09. The number of phenolic OH excluding ortho intramolecular Hbond substituents is 2. The second kappa shape index (κ2) is 9.31. The third-order valence-corrected chi connectivity index (χ3v) is 4.88. The standard InChI is InChI=1S/C21H22O10/c22-11-8-13(24)15(12(23)7-6-10-4-2-1-3-5-10)14(9-11)30-21-18(27)16(25)17(26)19(31-21)20(28)29/h1-5,8-9,16-19,21-22,24-27H,6-7H2,(H,28,29). The fraction of sp³-hybridized carbons (Fsp3) is 0.333. The molecule has 1 fully saturated rings. The van der Waals surface area contributed by atoms with Crippen LogP contribution in [0.25, 0.3) is 0 Å². The number of carbonyl (C=O) groups excluding carboxylic acids is 1. The minimum Gasteiger partial charge on any atom is -0.508 e. The number of carbonyl (C=O) groups is 2. The Morgan fingerprint density at radius 2 is 1.65 bits per heavy atom. The zero-order valence-electron chi connectivity index (χ0n) is 16.2. The number of ether oxygens (including phenoxy) is 2. The highest BCUT2D eigenvalue weighted by atomic mass is 16.7. The van der Waals surface area contributed by atoms with Gasteiger partial charge >= 0.3 is 5.97 Å². The molecule has 1 aliphatic rings. The second-order valence-electron chi connectivity index (χ2n) is 7.10. The molecule has 0 aromatic heterocycles. The predicted molar refractivity (Wildman–Crippen MR) is 104 cm³/mol. The molecule has 2 aromatic rings. The Balaban J connectivity index is 1.85. The number of ketones is 1. The van der Waals surface area contributed by atoms with Crippen molar-refractivity contribution in [2.75, 3.05) is 0 Å². The number of aliphatic hydroxyl groups excluding tert-OH is 3. The molecule has 1 heterocycles. The van der Waals surface area contributed by atoms with Gasteiger partial charge in [-0.3, -0.25) is 4.79 Å². The zero-order valence-corrected chi connectivity index (χ0v) is 16.2. The van der Waals surface area contributed by atoms with Gasteiger partial charge in [0.05, 0.1) is 0 Å². The molecule has 0 bridgehead atoms. The van der Waals surface area contributed by atoms with Gasteiger partial charge in [0.15, 0.2) is 11.9 Å². The third kappa shape index (κ3) is 4.94. The zero-order chi connectivity index (χ0) is 22.7. The molecule has 31 heavy (non-hydrogen) atoms. The van der Waals surface area contributed by atoms with Gasteiger partial charge in [-0.25, -0.2) is 4.79 Å². The van der Waals surface area contributed by atoms with Crippen LogP contribution < -0.4 is 4.74 Å². The van der Waals surface area contributed by atoms with Gasteiger partial charge in [0, 0.05) is 18.6 Å². The second-order valence-corrected chi connectivity index (χ2v) is 7.10. The summed E-state index contributed by atoms with van der Waals surface area (Å²) in [5, 5.41) is 59.0. The van der Waals surface area contributed by atoms with E-state index in [1.165, 1.54) is 0 Å². The van der Waals surface area contributed by atoms with E-state index in [-0.39, 0.29) is 17.7 Å². The summed E-state index contributed by atoms with van der Waals surface area (Å²) < 4.78 is 10.4. The van der Waals surface area contributed by atoms with Gasteiger partial charge < -0.3 is 40.1 Å². The Labute approximate surface area is 176 Å². The number of carboxylic acid groups (broad SMARTS) is 1. The largest absolute Gasteiger partial charge is 0.508 e. The molecule has 2 aromatic carbocycles. The van der Waals surface area contributed by atoms with Crippen molar-refractivity contribution in [3.05, 3.63) is 53.6 Å². The van der Waals surface area contributed by atoms with Crippen molar-refractivity contribution >= 4 is 11.8 Å². The lowest BCUT2D eigenvalue weighted by Crippen LogP contribution is -2.61. The highest BCUT2D eigenvalue weighted by molar-refractivity contribution is 6.01. The Kier molecular flexibility index (Phi) is 6.76. The van der Waals surface area contributed by atoms with Gasteiger partial charge in [-0.05, 0) is 12.0 Å². The molecule has 0 radical (unpaired) electrons. The maximum Gasteiger partial charge on any atom is 0.335 e. The van der Waals surface area contributed by atoms with Crippen LogP contribution >= 0.6 is 0 Å². The molecule has 0 spiro atoms. The number of phenols is 2. The monoisotopic (exact) mass is 434 g/mol. The molecule has 10 nitrogen and oxygen atoms in total. The fourth-order valence-corrected chi connectivity index (χ4v) is 3.26. The van der Waals surface area contributed by atoms with Gasteiger partial charge in [-0.15, -0.1) is 0 Å². The number of benzene rings is 2. The van der Waals surface area contributed by atoms with Crippen molar-refractivity contribution in [2.45, 2.75) is 43.5 Å². The van der Waals surface area contributed by atoms with E-state index in [4.69, 9.17) is 14.6 Å². The molecular formula is C21H22O10. The minimum atomic E-state index is -1.92. The fourth-order valence-electron chi connectivity index (χ4n) is 3.26. The number of aliphatic carboxylic acids is 1. The topological polar surface area (TPSA) is 174 Å². The summed E-state index contributed by atoms with van der Waals surface area (Å²) in [6, 6.07) is 11.0. The highest BCUT2D eigenvalue weighted by Crippen LogP contribution is 2.36. The Hall–Kier alpha value is -3.18. The lowest BCUT2D eigenvalue weighted by atomic mass is 9.98. The third-order valence-electron chi connectivity index (χ3n) is 4.88. The number of rotatable bonds is 7. The van der Waals surface area contributed by atoms with E-state index in [0.29, 0.717) is 6.42 Å². The summed E-state index contributed by atoms with van der Waals surface area (Å²) in [4.78, 5) is 24.0. The number of aromatic hydroxyl groups is 2. The lowest BCUT2D eigenvalue weighted by molar-refractivity contribution is -0.271. The number of hydrogen-bond acceptors (Lipinski definition) is 9. The van der Waals surface area contributed by atoms with Crippen LogP contribution in [-0.2, 0) is 16.0 Å². The molecule has 0 amide bonds. The molecule has 166 valence electrons. The average Bonchev–Trinajstić information content (AvgIpc) is 2.72. The molecule has 3 rings (SSSR count). The SMILES string of the molecule is O=C(CCc1ccccc1)c1c(O)cc(O)cc1OC1OC(C(=O)O)C(O)C(O)C1O. The van der Waals surface area contributed by atoms with Crippen LogP contribution in [0.2, 0.25) is 0 Å². The van der Waals surface area contributed by atoms with E-state index in [0.717, 1.165) is 17.7 Å². The first-order valence-electron chi connectivity index (χ1n) is 9.41.